The van der Waals surface area contributed by atoms with Crippen LogP contribution in [0.3, 0.4) is 0 Å². The molecule has 0 bridgehead atoms. The second-order valence-electron chi connectivity index (χ2n) is 6.67. The molecule has 0 fully saturated rings. The van der Waals surface area contributed by atoms with Gasteiger partial charge < -0.3 is 10.2 Å². The summed E-state index contributed by atoms with van der Waals surface area (Å²) in [6.45, 7) is 4.29. The zero-order valence-electron chi connectivity index (χ0n) is 14.8. The number of carbonyl (C=O) groups is 1. The van der Waals surface area contributed by atoms with Gasteiger partial charge in [0.25, 0.3) is 0 Å². The van der Waals surface area contributed by atoms with Gasteiger partial charge in [-0.3, -0.25) is 10.2 Å². The first kappa shape index (κ1) is 16.4. The average molecular weight is 351 g/mol. The van der Waals surface area contributed by atoms with Crippen molar-refractivity contribution < 1.29 is 4.79 Å². The van der Waals surface area contributed by atoms with Crippen molar-refractivity contribution in [2.75, 3.05) is 16.8 Å². The van der Waals surface area contributed by atoms with Gasteiger partial charge in [-0.15, -0.1) is 0 Å². The van der Waals surface area contributed by atoms with E-state index in [4.69, 9.17) is 0 Å². The van der Waals surface area contributed by atoms with Gasteiger partial charge in [-0.2, -0.15) is 5.11 Å². The lowest BCUT2D eigenvalue weighted by Crippen LogP contribution is -2.43. The second kappa shape index (κ2) is 6.70. The van der Waals surface area contributed by atoms with E-state index in [0.717, 1.165) is 23.2 Å². The molecule has 26 heavy (non-hydrogen) atoms. The zero-order chi connectivity index (χ0) is 18.1. The van der Waals surface area contributed by atoms with E-state index in [2.05, 4.69) is 44.0 Å². The lowest BCUT2D eigenvalue weighted by Gasteiger charge is -2.39. The van der Waals surface area contributed by atoms with E-state index in [0.29, 0.717) is 12.5 Å². The van der Waals surface area contributed by atoms with E-state index in [1.165, 1.54) is 0 Å². The van der Waals surface area contributed by atoms with Crippen molar-refractivity contribution in [2.45, 2.75) is 38.4 Å². The van der Waals surface area contributed by atoms with Gasteiger partial charge in [-0.05, 0) is 42.7 Å². The SMILES string of the molecule is CC(=O)N1c2ccc(C3CN=NN3)cc2C(Nc2ncccn2)CC1C. The van der Waals surface area contributed by atoms with Crippen molar-refractivity contribution in [3.05, 3.63) is 47.8 Å². The zero-order valence-corrected chi connectivity index (χ0v) is 14.8. The molecule has 1 aromatic carbocycles. The monoisotopic (exact) mass is 351 g/mol. The molecule has 0 radical (unpaired) electrons. The topological polar surface area (TPSA) is 94.9 Å². The first-order chi connectivity index (χ1) is 12.6. The van der Waals surface area contributed by atoms with E-state index in [1.54, 1.807) is 25.4 Å². The van der Waals surface area contributed by atoms with Crippen LogP contribution in [0.25, 0.3) is 0 Å². The summed E-state index contributed by atoms with van der Waals surface area (Å²) >= 11 is 0. The molecule has 134 valence electrons. The largest absolute Gasteiger partial charge is 0.347 e. The Bertz CT molecular complexity index is 831. The third-order valence-electron chi connectivity index (χ3n) is 4.86. The van der Waals surface area contributed by atoms with Crippen LogP contribution in [0.4, 0.5) is 11.6 Å². The summed E-state index contributed by atoms with van der Waals surface area (Å²) in [5, 5.41) is 11.3. The van der Waals surface area contributed by atoms with Crippen LogP contribution in [0.2, 0.25) is 0 Å². The van der Waals surface area contributed by atoms with Gasteiger partial charge in [0.1, 0.15) is 0 Å². The normalized spacial score (nSPS) is 24.1. The van der Waals surface area contributed by atoms with Crippen molar-refractivity contribution in [1.29, 1.82) is 0 Å². The Morgan fingerprint density at radius 3 is 2.81 bits per heavy atom. The smallest absolute Gasteiger partial charge is 0.224 e. The van der Waals surface area contributed by atoms with Crippen LogP contribution in [0.5, 0.6) is 0 Å². The molecule has 3 unspecified atom stereocenters. The molecule has 2 N–H and O–H groups in total. The summed E-state index contributed by atoms with van der Waals surface area (Å²) in [4.78, 5) is 22.6. The number of hydrogen-bond donors (Lipinski definition) is 2. The fraction of sp³-hybridized carbons (Fsp3) is 0.389. The number of benzene rings is 1. The molecule has 0 aliphatic carbocycles. The van der Waals surface area contributed by atoms with Crippen LogP contribution in [-0.2, 0) is 4.79 Å². The maximum atomic E-state index is 12.2. The minimum Gasteiger partial charge on any atom is -0.347 e. The highest BCUT2D eigenvalue weighted by Gasteiger charge is 2.33. The van der Waals surface area contributed by atoms with E-state index >= 15 is 0 Å². The molecular formula is C18H21N7O. The Labute approximate surface area is 151 Å². The van der Waals surface area contributed by atoms with Crippen molar-refractivity contribution in [3.63, 3.8) is 0 Å². The number of amides is 1. The van der Waals surface area contributed by atoms with Crippen LogP contribution in [-0.4, -0.2) is 28.5 Å². The summed E-state index contributed by atoms with van der Waals surface area (Å²) in [5.74, 6) is 0.631. The number of nitrogens with zero attached hydrogens (tertiary/aromatic N) is 5. The maximum Gasteiger partial charge on any atom is 0.224 e. The number of aromatic nitrogens is 2. The minimum atomic E-state index is 0.0215. The van der Waals surface area contributed by atoms with Gasteiger partial charge in [-0.1, -0.05) is 11.3 Å². The average Bonchev–Trinajstić information content (AvgIpc) is 3.16. The fourth-order valence-corrected chi connectivity index (χ4v) is 3.70. The molecule has 3 atom stereocenters. The summed E-state index contributed by atoms with van der Waals surface area (Å²) in [7, 11) is 0. The number of hydrogen-bond acceptors (Lipinski definition) is 7. The molecular weight excluding hydrogens is 330 g/mol. The van der Waals surface area contributed by atoms with E-state index < -0.39 is 0 Å². The molecule has 2 aromatic rings. The van der Waals surface area contributed by atoms with Gasteiger partial charge in [0.15, 0.2) is 0 Å². The van der Waals surface area contributed by atoms with Gasteiger partial charge >= 0.3 is 0 Å². The standard InChI is InChI=1S/C18H21N7O/c1-11-8-15(22-18-19-6-3-7-20-18)14-9-13(16-10-21-24-23-16)4-5-17(14)25(11)12(2)26/h3-7,9,11,15-16H,8,10H2,1-2H3,(H,21,23)(H,19,20,22). The third kappa shape index (κ3) is 2.98. The lowest BCUT2D eigenvalue weighted by molar-refractivity contribution is -0.117. The molecule has 2 aliphatic rings. The van der Waals surface area contributed by atoms with Crippen LogP contribution in [0, 0.1) is 0 Å². The van der Waals surface area contributed by atoms with E-state index in [9.17, 15) is 4.79 Å². The Balaban J connectivity index is 1.73. The van der Waals surface area contributed by atoms with Gasteiger partial charge in [0, 0.05) is 31.0 Å². The molecule has 0 saturated heterocycles. The minimum absolute atomic E-state index is 0.0215. The Morgan fingerprint density at radius 1 is 1.31 bits per heavy atom. The van der Waals surface area contributed by atoms with E-state index in [-0.39, 0.29) is 24.0 Å². The fourth-order valence-electron chi connectivity index (χ4n) is 3.70. The van der Waals surface area contributed by atoms with Crippen molar-refractivity contribution >= 4 is 17.5 Å². The Hall–Kier alpha value is -3.03. The molecule has 1 amide bonds. The highest BCUT2D eigenvalue weighted by Crippen LogP contribution is 2.40. The van der Waals surface area contributed by atoms with Crippen molar-refractivity contribution in [1.82, 2.24) is 15.4 Å². The van der Waals surface area contributed by atoms with Crippen LogP contribution >= 0.6 is 0 Å². The molecule has 4 rings (SSSR count). The summed E-state index contributed by atoms with van der Waals surface area (Å²) in [6.07, 6.45) is 4.21. The molecule has 2 aliphatic heterocycles. The quantitative estimate of drug-likeness (QED) is 0.887. The predicted molar refractivity (Wildman–Crippen MR) is 97.7 cm³/mol. The first-order valence-electron chi connectivity index (χ1n) is 8.72. The van der Waals surface area contributed by atoms with Crippen LogP contribution in [0.15, 0.2) is 47.0 Å². The van der Waals surface area contributed by atoms with Crippen LogP contribution in [0.1, 0.15) is 43.5 Å². The van der Waals surface area contributed by atoms with Crippen LogP contribution < -0.4 is 15.6 Å². The van der Waals surface area contributed by atoms with Gasteiger partial charge in [0.05, 0.1) is 18.6 Å². The second-order valence-corrected chi connectivity index (χ2v) is 6.67. The van der Waals surface area contributed by atoms with Crippen molar-refractivity contribution in [2.24, 2.45) is 10.3 Å². The summed E-state index contributed by atoms with van der Waals surface area (Å²) in [5.41, 5.74) is 6.12. The molecule has 0 saturated carbocycles. The van der Waals surface area contributed by atoms with Crippen molar-refractivity contribution in [3.8, 4) is 0 Å². The van der Waals surface area contributed by atoms with E-state index in [1.807, 2.05) is 17.0 Å². The number of anilines is 2. The lowest BCUT2D eigenvalue weighted by atomic mass is 9.89. The molecule has 8 nitrogen and oxygen atoms in total. The highest BCUT2D eigenvalue weighted by molar-refractivity contribution is 5.93. The predicted octanol–water partition coefficient (Wildman–Crippen LogP) is 2.79. The number of fused-ring (bicyclic) bond motifs is 1. The maximum absolute atomic E-state index is 12.2. The third-order valence-corrected chi connectivity index (χ3v) is 4.86. The Morgan fingerprint density at radius 2 is 2.12 bits per heavy atom. The molecule has 8 heteroatoms. The summed E-state index contributed by atoms with van der Waals surface area (Å²) in [6, 6.07) is 8.15. The highest BCUT2D eigenvalue weighted by atomic mass is 16.2. The number of carbonyl (C=O) groups excluding carboxylic acids is 1. The van der Waals surface area contributed by atoms with Gasteiger partial charge in [-0.25, -0.2) is 9.97 Å². The molecule has 0 spiro atoms. The number of nitrogens with one attached hydrogen (secondary N) is 2. The number of rotatable bonds is 3. The first-order valence-corrected chi connectivity index (χ1v) is 8.72. The van der Waals surface area contributed by atoms with Gasteiger partial charge in [0.2, 0.25) is 11.9 Å². The molecule has 1 aromatic heterocycles. The molecule has 3 heterocycles. The Kier molecular flexibility index (Phi) is 4.24. The summed E-state index contributed by atoms with van der Waals surface area (Å²) < 4.78 is 0.